The van der Waals surface area contributed by atoms with Gasteiger partial charge in [-0.25, -0.2) is 0 Å². The first kappa shape index (κ1) is 14.7. The molecule has 1 aliphatic rings. The van der Waals surface area contributed by atoms with Crippen molar-refractivity contribution in [1.29, 1.82) is 5.26 Å². The normalized spacial score (nSPS) is 14.8. The van der Waals surface area contributed by atoms with Gasteiger partial charge in [0.05, 0.1) is 22.8 Å². The van der Waals surface area contributed by atoms with E-state index in [1.165, 1.54) is 16.6 Å². The van der Waals surface area contributed by atoms with E-state index >= 15 is 0 Å². The Morgan fingerprint density at radius 3 is 2.96 bits per heavy atom. The molecule has 0 unspecified atom stereocenters. The lowest BCUT2D eigenvalue weighted by Gasteiger charge is -2.23. The maximum Gasteiger partial charge on any atom is 0.0991 e. The van der Waals surface area contributed by atoms with Gasteiger partial charge in [0.1, 0.15) is 0 Å². The molecule has 0 N–H and O–H groups in total. The Bertz CT molecular complexity index is 961. The summed E-state index contributed by atoms with van der Waals surface area (Å²) in [6, 6.07) is 14.1. The maximum absolute atomic E-state index is 9.22. The van der Waals surface area contributed by atoms with E-state index in [-0.39, 0.29) is 0 Å². The van der Waals surface area contributed by atoms with Crippen molar-refractivity contribution in [3.8, 4) is 6.07 Å². The van der Waals surface area contributed by atoms with Gasteiger partial charge in [0.15, 0.2) is 0 Å². The molecule has 0 spiro atoms. The predicted molar refractivity (Wildman–Crippen MR) is 96.2 cm³/mol. The standard InChI is InChI=1S/C20H18N4/c1-23-10-8-20-18(14-23)17-12-15(13-21)5-6-19(17)24(20)11-7-16-4-2-3-9-22-16/h2-7,9,11-12H,8,10,14H2,1H3/b11-7+. The summed E-state index contributed by atoms with van der Waals surface area (Å²) >= 11 is 0. The van der Waals surface area contributed by atoms with Crippen molar-refractivity contribution in [1.82, 2.24) is 14.5 Å². The van der Waals surface area contributed by atoms with Crippen LogP contribution in [0, 0.1) is 11.3 Å². The van der Waals surface area contributed by atoms with Gasteiger partial charge in [-0.3, -0.25) is 4.98 Å². The quantitative estimate of drug-likeness (QED) is 0.727. The van der Waals surface area contributed by atoms with Gasteiger partial charge < -0.3 is 9.47 Å². The van der Waals surface area contributed by atoms with Crippen molar-refractivity contribution in [2.75, 3.05) is 13.6 Å². The molecule has 24 heavy (non-hydrogen) atoms. The van der Waals surface area contributed by atoms with Crippen LogP contribution in [0.3, 0.4) is 0 Å². The van der Waals surface area contributed by atoms with Crippen LogP contribution in [0.25, 0.3) is 23.2 Å². The Kier molecular flexibility index (Phi) is 3.64. The molecule has 4 heteroatoms. The molecule has 4 nitrogen and oxygen atoms in total. The fourth-order valence-electron chi connectivity index (χ4n) is 3.39. The lowest BCUT2D eigenvalue weighted by Crippen LogP contribution is -2.26. The highest BCUT2D eigenvalue weighted by Gasteiger charge is 2.21. The van der Waals surface area contributed by atoms with Gasteiger partial charge in [-0.05, 0) is 49.0 Å². The maximum atomic E-state index is 9.22. The largest absolute Gasteiger partial charge is 0.320 e. The minimum Gasteiger partial charge on any atom is -0.320 e. The number of hydrogen-bond donors (Lipinski definition) is 0. The molecule has 118 valence electrons. The van der Waals surface area contributed by atoms with E-state index < -0.39 is 0 Å². The third-order valence-electron chi connectivity index (χ3n) is 4.59. The van der Waals surface area contributed by atoms with E-state index in [0.717, 1.165) is 30.7 Å². The monoisotopic (exact) mass is 314 g/mol. The first-order valence-corrected chi connectivity index (χ1v) is 8.10. The van der Waals surface area contributed by atoms with Crippen LogP contribution < -0.4 is 0 Å². The zero-order chi connectivity index (χ0) is 16.5. The summed E-state index contributed by atoms with van der Waals surface area (Å²) in [7, 11) is 2.14. The molecular formula is C20H18N4. The Morgan fingerprint density at radius 2 is 2.17 bits per heavy atom. The van der Waals surface area contributed by atoms with Crippen LogP contribution in [0.1, 0.15) is 22.5 Å². The van der Waals surface area contributed by atoms with Crippen LogP contribution in [0.5, 0.6) is 0 Å². The van der Waals surface area contributed by atoms with Crippen molar-refractivity contribution in [2.45, 2.75) is 13.0 Å². The van der Waals surface area contributed by atoms with Crippen LogP contribution in [0.2, 0.25) is 0 Å². The molecule has 0 atom stereocenters. The number of aromatic nitrogens is 2. The van der Waals surface area contributed by atoms with Crippen molar-refractivity contribution in [2.24, 2.45) is 0 Å². The van der Waals surface area contributed by atoms with Gasteiger partial charge in [0.2, 0.25) is 0 Å². The molecule has 0 radical (unpaired) electrons. The number of nitriles is 1. The smallest absolute Gasteiger partial charge is 0.0991 e. The number of pyridine rings is 1. The third-order valence-corrected chi connectivity index (χ3v) is 4.59. The van der Waals surface area contributed by atoms with Gasteiger partial charge in [-0.15, -0.1) is 0 Å². The van der Waals surface area contributed by atoms with Crippen molar-refractivity contribution in [3.05, 3.63) is 65.1 Å². The van der Waals surface area contributed by atoms with Crippen LogP contribution in [0.15, 0.2) is 42.6 Å². The van der Waals surface area contributed by atoms with E-state index in [1.807, 2.05) is 36.4 Å². The lowest BCUT2D eigenvalue weighted by molar-refractivity contribution is 0.312. The molecule has 4 rings (SSSR count). The van der Waals surface area contributed by atoms with Gasteiger partial charge in [0.25, 0.3) is 0 Å². The zero-order valence-corrected chi connectivity index (χ0v) is 13.6. The average molecular weight is 314 g/mol. The zero-order valence-electron chi connectivity index (χ0n) is 13.6. The predicted octanol–water partition coefficient (Wildman–Crippen LogP) is 3.52. The van der Waals surface area contributed by atoms with E-state index in [2.05, 4.69) is 39.8 Å². The van der Waals surface area contributed by atoms with Gasteiger partial charge in [0, 0.05) is 43.0 Å². The second-order valence-electron chi connectivity index (χ2n) is 6.20. The van der Waals surface area contributed by atoms with Crippen LogP contribution in [-0.2, 0) is 13.0 Å². The SMILES string of the molecule is CN1CCc2c(c3cc(C#N)ccc3n2/C=C/c2ccccn2)C1. The fourth-order valence-corrected chi connectivity index (χ4v) is 3.39. The summed E-state index contributed by atoms with van der Waals surface area (Å²) in [6.07, 6.45) is 6.95. The molecular weight excluding hydrogens is 296 g/mol. The molecule has 0 saturated heterocycles. The summed E-state index contributed by atoms with van der Waals surface area (Å²) < 4.78 is 2.26. The average Bonchev–Trinajstić information content (AvgIpc) is 2.93. The van der Waals surface area contributed by atoms with Crippen LogP contribution >= 0.6 is 0 Å². The fraction of sp³-hybridized carbons (Fsp3) is 0.200. The molecule has 1 aromatic carbocycles. The summed E-state index contributed by atoms with van der Waals surface area (Å²) in [5.74, 6) is 0. The number of likely N-dealkylation sites (N-methyl/N-ethyl adjacent to an activating group) is 1. The number of nitrogens with zero attached hydrogens (tertiary/aromatic N) is 4. The lowest BCUT2D eigenvalue weighted by atomic mass is 10.0. The first-order chi connectivity index (χ1) is 11.8. The Labute approximate surface area is 141 Å². The highest BCUT2D eigenvalue weighted by Crippen LogP contribution is 2.31. The van der Waals surface area contributed by atoms with E-state index in [4.69, 9.17) is 0 Å². The molecule has 3 heterocycles. The molecule has 0 aliphatic carbocycles. The first-order valence-electron chi connectivity index (χ1n) is 8.10. The topological polar surface area (TPSA) is 44.9 Å². The Hall–Kier alpha value is -2.90. The third kappa shape index (κ3) is 2.49. The van der Waals surface area contributed by atoms with Crippen molar-refractivity contribution in [3.63, 3.8) is 0 Å². The molecule has 3 aromatic rings. The minimum absolute atomic E-state index is 0.712. The van der Waals surface area contributed by atoms with Gasteiger partial charge >= 0.3 is 0 Å². The minimum atomic E-state index is 0.712. The van der Waals surface area contributed by atoms with Crippen molar-refractivity contribution >= 4 is 23.2 Å². The van der Waals surface area contributed by atoms with Crippen LogP contribution in [0.4, 0.5) is 0 Å². The second kappa shape index (κ2) is 5.95. The highest BCUT2D eigenvalue weighted by atomic mass is 15.1. The van der Waals surface area contributed by atoms with E-state index in [0.29, 0.717) is 5.56 Å². The summed E-state index contributed by atoms with van der Waals surface area (Å²) in [6.45, 7) is 1.97. The second-order valence-corrected chi connectivity index (χ2v) is 6.20. The number of rotatable bonds is 2. The van der Waals surface area contributed by atoms with E-state index in [9.17, 15) is 5.26 Å². The van der Waals surface area contributed by atoms with E-state index in [1.54, 1.807) is 6.20 Å². The molecule has 2 aromatic heterocycles. The molecule has 0 bridgehead atoms. The van der Waals surface area contributed by atoms with Gasteiger partial charge in [-0.2, -0.15) is 5.26 Å². The summed E-state index contributed by atoms with van der Waals surface area (Å²) in [4.78, 5) is 6.69. The Morgan fingerprint density at radius 1 is 1.25 bits per heavy atom. The molecule has 0 fully saturated rings. The number of fused-ring (bicyclic) bond motifs is 3. The summed E-state index contributed by atoms with van der Waals surface area (Å²) in [5, 5.41) is 10.4. The highest BCUT2D eigenvalue weighted by molar-refractivity contribution is 5.89. The molecule has 0 saturated carbocycles. The van der Waals surface area contributed by atoms with Gasteiger partial charge in [-0.1, -0.05) is 6.07 Å². The number of benzene rings is 1. The Balaban J connectivity index is 1.89. The molecule has 1 aliphatic heterocycles. The number of hydrogen-bond acceptors (Lipinski definition) is 3. The molecule has 0 amide bonds. The summed E-state index contributed by atoms with van der Waals surface area (Å²) in [5.41, 5.74) is 5.48. The van der Waals surface area contributed by atoms with Crippen molar-refractivity contribution < 1.29 is 0 Å². The van der Waals surface area contributed by atoms with Crippen LogP contribution in [-0.4, -0.2) is 28.0 Å².